The molecule has 8 N–H and O–H groups in total. The molecule has 0 aliphatic heterocycles. The number of carbonyl (C=O) groups excluding carboxylic acids is 10. The molecule has 22 nitrogen and oxygen atoms in total. The topological polar surface area (TPSA) is 304 Å². The maximum absolute atomic E-state index is 13.6. The molecule has 108 heavy (non-hydrogen) atoms. The summed E-state index contributed by atoms with van der Waals surface area (Å²) in [6, 6.07) is 0. The van der Waals surface area contributed by atoms with Crippen LogP contribution in [0.4, 0.5) is 9.59 Å². The highest BCUT2D eigenvalue weighted by atomic mass is 16.6. The molecule has 0 spiro atoms. The third-order valence-corrected chi connectivity index (χ3v) is 22.7. The Morgan fingerprint density at radius 3 is 0.537 bits per heavy atom. The minimum atomic E-state index is -0.670. The van der Waals surface area contributed by atoms with Gasteiger partial charge in [-0.05, 0) is 158 Å². The SMILES string of the molecule is CCOC(=O)/C=C/C1(NC(=O)/C=C/C2(NC(=O)/C=C/C3(NC(=O)/C=C/C4(NC(=O)OC(C)(C)C)CCCCC4)CCCCC3)CCCCC2)CCCCC1.CCOC(=O)/C=C/C1(NC(=O)/C=C/C2(NC(=O)/C=C/C3(NC(=O)/C=C/C4(NC(=O)OC(C)(C)C)CCCCC4)CCCCC3)CCCCC2)CCCCC1. The van der Waals surface area contributed by atoms with Crippen LogP contribution in [-0.4, -0.2) is 128 Å². The second-order valence-corrected chi connectivity index (χ2v) is 34.1. The first kappa shape index (κ1) is 87.4. The molecule has 8 aliphatic rings. The molecule has 600 valence electrons. The van der Waals surface area contributed by atoms with Crippen molar-refractivity contribution in [2.45, 2.75) is 368 Å². The summed E-state index contributed by atoms with van der Waals surface area (Å²) in [7, 11) is 0. The number of alkyl carbamates (subject to hydrolysis) is 2. The Hall–Kier alpha value is -7.78. The molecule has 0 saturated heterocycles. The monoisotopic (exact) mass is 1500 g/mol. The van der Waals surface area contributed by atoms with Gasteiger partial charge in [0.15, 0.2) is 0 Å². The van der Waals surface area contributed by atoms with E-state index >= 15 is 0 Å². The van der Waals surface area contributed by atoms with Gasteiger partial charge in [-0.3, -0.25) is 28.8 Å². The summed E-state index contributed by atoms with van der Waals surface area (Å²) in [4.78, 5) is 131. The molecule has 8 saturated carbocycles. The Morgan fingerprint density at radius 2 is 0.389 bits per heavy atom. The van der Waals surface area contributed by atoms with Crippen molar-refractivity contribution in [1.82, 2.24) is 42.5 Å². The lowest BCUT2D eigenvalue weighted by Gasteiger charge is -2.37. The van der Waals surface area contributed by atoms with Crippen LogP contribution < -0.4 is 42.5 Å². The number of amides is 8. The van der Waals surface area contributed by atoms with Gasteiger partial charge in [-0.15, -0.1) is 0 Å². The average molecular weight is 1500 g/mol. The smallest absolute Gasteiger partial charge is 0.408 e. The first-order valence-electron chi connectivity index (χ1n) is 41.2. The molecule has 22 heteroatoms. The van der Waals surface area contributed by atoms with Crippen molar-refractivity contribution < 1.29 is 66.9 Å². The Balaban J connectivity index is 0.000000301. The van der Waals surface area contributed by atoms with Crippen LogP contribution in [0.2, 0.25) is 0 Å². The lowest BCUT2D eigenvalue weighted by atomic mass is 9.80. The number of hydrogen-bond donors (Lipinski definition) is 8. The lowest BCUT2D eigenvalue weighted by molar-refractivity contribution is -0.138. The van der Waals surface area contributed by atoms with Crippen LogP contribution in [0.5, 0.6) is 0 Å². The number of hydrogen-bond acceptors (Lipinski definition) is 14. The van der Waals surface area contributed by atoms with Crippen molar-refractivity contribution in [3.05, 3.63) is 97.2 Å². The molecule has 0 aromatic carbocycles. The van der Waals surface area contributed by atoms with Crippen LogP contribution in [0.15, 0.2) is 97.2 Å². The van der Waals surface area contributed by atoms with Crippen molar-refractivity contribution in [2.24, 2.45) is 0 Å². The number of rotatable bonds is 26. The standard InChI is InChI=1S/2C43H66N4O7/c2*1-5-53-37(51)21-33-42(26-14-8-15-27-42)46-35(49)19-31-40(22-10-6-11-23-40)44-34(48)18-30-41(24-12-7-13-25-41)45-36(50)20-32-43(28-16-9-17-29-43)47-38(52)54-39(2,3)4/h2*18-21,30-33H,5-17,22-29H2,1-4H3,(H,44,48)(H,45,50)(H,46,49)(H,47,52)/b2*30-18+,31-19+,32-20+,33-21+. The van der Waals surface area contributed by atoms with E-state index in [0.29, 0.717) is 13.2 Å². The quantitative estimate of drug-likeness (QED) is 0.0227. The predicted molar refractivity (Wildman–Crippen MR) is 421 cm³/mol. The van der Waals surface area contributed by atoms with E-state index in [1.54, 1.807) is 38.2 Å². The molecule has 8 fully saturated rings. The first-order chi connectivity index (χ1) is 51.4. The van der Waals surface area contributed by atoms with E-state index in [2.05, 4.69) is 42.5 Å². The van der Waals surface area contributed by atoms with E-state index in [-0.39, 0.29) is 35.4 Å². The highest BCUT2D eigenvalue weighted by Gasteiger charge is 2.40. The summed E-state index contributed by atoms with van der Waals surface area (Å²) in [6.07, 6.45) is 60.9. The highest BCUT2D eigenvalue weighted by Crippen LogP contribution is 2.38. The molecule has 0 heterocycles. The van der Waals surface area contributed by atoms with Gasteiger partial charge in [-0.2, -0.15) is 0 Å². The van der Waals surface area contributed by atoms with E-state index in [1.165, 1.54) is 36.5 Å². The third kappa shape index (κ3) is 29.9. The van der Waals surface area contributed by atoms with Crippen molar-refractivity contribution in [2.75, 3.05) is 13.2 Å². The summed E-state index contributed by atoms with van der Waals surface area (Å²) in [6.45, 7) is 15.1. The molecular weight excluding hydrogens is 1370 g/mol. The fourth-order valence-electron chi connectivity index (χ4n) is 17.1. The number of nitrogens with one attached hydrogen (secondary N) is 8. The Bertz CT molecular complexity index is 3040. The largest absolute Gasteiger partial charge is 0.463 e. The molecule has 0 atom stereocenters. The third-order valence-electron chi connectivity index (χ3n) is 22.7. The van der Waals surface area contributed by atoms with Crippen LogP contribution in [-0.2, 0) is 57.3 Å². The minimum Gasteiger partial charge on any atom is -0.463 e. The van der Waals surface area contributed by atoms with Gasteiger partial charge in [-0.25, -0.2) is 19.2 Å². The number of ether oxygens (including phenoxy) is 4. The number of esters is 2. The lowest BCUT2D eigenvalue weighted by Crippen LogP contribution is -2.51. The fraction of sp³-hybridized carbons (Fsp3) is 0.698. The molecule has 0 unspecified atom stereocenters. The van der Waals surface area contributed by atoms with E-state index in [1.807, 2.05) is 78.0 Å². The Morgan fingerprint density at radius 1 is 0.241 bits per heavy atom. The zero-order valence-electron chi connectivity index (χ0n) is 66.7. The van der Waals surface area contributed by atoms with Gasteiger partial charge in [0.05, 0.1) is 57.5 Å². The van der Waals surface area contributed by atoms with Gasteiger partial charge in [0.25, 0.3) is 0 Å². The van der Waals surface area contributed by atoms with E-state index in [4.69, 9.17) is 18.9 Å². The Kier molecular flexibility index (Phi) is 33.4. The average Bonchev–Trinajstić information content (AvgIpc) is 0.834. The maximum Gasteiger partial charge on any atom is 0.408 e. The van der Waals surface area contributed by atoms with Crippen molar-refractivity contribution >= 4 is 59.6 Å². The molecule has 0 radical (unpaired) electrons. The van der Waals surface area contributed by atoms with Crippen molar-refractivity contribution in [3.63, 3.8) is 0 Å². The predicted octanol–water partition coefficient (Wildman–Crippen LogP) is 14.9. The normalized spacial score (nSPS) is 22.4. The van der Waals surface area contributed by atoms with Crippen LogP contribution in [0.1, 0.15) is 312 Å². The van der Waals surface area contributed by atoms with Crippen LogP contribution in [0.3, 0.4) is 0 Å². The van der Waals surface area contributed by atoms with Gasteiger partial charge < -0.3 is 61.5 Å². The highest BCUT2D eigenvalue weighted by molar-refractivity contribution is 5.93. The zero-order chi connectivity index (χ0) is 78.3. The molecular formula is C86H132N8O14. The van der Waals surface area contributed by atoms with E-state index < -0.39 is 79.6 Å². The summed E-state index contributed by atoms with van der Waals surface area (Å²) >= 11 is 0. The summed E-state index contributed by atoms with van der Waals surface area (Å²) in [5, 5.41) is 25.3. The summed E-state index contributed by atoms with van der Waals surface area (Å²) < 4.78 is 21.2. The molecule has 8 amide bonds. The Labute approximate surface area is 644 Å². The van der Waals surface area contributed by atoms with Crippen LogP contribution in [0.25, 0.3) is 0 Å². The molecule has 0 bridgehead atoms. The van der Waals surface area contributed by atoms with Gasteiger partial charge in [0.1, 0.15) is 11.2 Å². The van der Waals surface area contributed by atoms with Crippen LogP contribution >= 0.6 is 0 Å². The molecule has 0 aromatic rings. The fourth-order valence-corrected chi connectivity index (χ4v) is 17.1. The van der Waals surface area contributed by atoms with E-state index in [9.17, 15) is 47.9 Å². The van der Waals surface area contributed by atoms with Crippen LogP contribution in [0, 0.1) is 0 Å². The van der Waals surface area contributed by atoms with Crippen molar-refractivity contribution in [1.29, 1.82) is 0 Å². The maximum atomic E-state index is 13.6. The second kappa shape index (κ2) is 41.3. The minimum absolute atomic E-state index is 0.256. The molecule has 8 aliphatic carbocycles. The van der Waals surface area contributed by atoms with Gasteiger partial charge >= 0.3 is 24.1 Å². The van der Waals surface area contributed by atoms with Gasteiger partial charge in [-0.1, -0.05) is 203 Å². The zero-order valence-corrected chi connectivity index (χ0v) is 66.7. The first-order valence-corrected chi connectivity index (χ1v) is 41.2. The molecule has 0 aromatic heterocycles. The van der Waals surface area contributed by atoms with Gasteiger partial charge in [0, 0.05) is 48.6 Å². The van der Waals surface area contributed by atoms with E-state index in [0.717, 1.165) is 257 Å². The number of carbonyl (C=O) groups is 10. The second-order valence-electron chi connectivity index (χ2n) is 34.1. The summed E-state index contributed by atoms with van der Waals surface area (Å²) in [5.41, 5.74) is -6.46. The van der Waals surface area contributed by atoms with Crippen molar-refractivity contribution in [3.8, 4) is 0 Å². The van der Waals surface area contributed by atoms with Gasteiger partial charge in [0.2, 0.25) is 35.4 Å². The molecule has 8 rings (SSSR count). The summed E-state index contributed by atoms with van der Waals surface area (Å²) in [5.74, 6) is -2.40.